The van der Waals surface area contributed by atoms with Crippen molar-refractivity contribution in [1.82, 2.24) is 4.98 Å². The first-order chi connectivity index (χ1) is 12.6. The number of aromatic nitrogens is 1. The Hall–Kier alpha value is -3.01. The predicted molar refractivity (Wildman–Crippen MR) is 94.9 cm³/mol. The van der Waals surface area contributed by atoms with Gasteiger partial charge in [0.1, 0.15) is 5.92 Å². The summed E-state index contributed by atoms with van der Waals surface area (Å²) in [4.78, 5) is 5.55. The monoisotopic (exact) mass is 345 g/mol. The lowest BCUT2D eigenvalue weighted by Gasteiger charge is -2.46. The molecule has 0 radical (unpaired) electrons. The highest BCUT2D eigenvalue weighted by atomic mass is 15.1. The van der Waals surface area contributed by atoms with Crippen LogP contribution in [0.4, 0.5) is 0 Å². The highest BCUT2D eigenvalue weighted by molar-refractivity contribution is 6.00. The molecule has 3 rings (SSSR count). The van der Waals surface area contributed by atoms with Gasteiger partial charge < -0.3 is 10.3 Å². The standard InChI is InChI=1S/C20H20N6/c1-2-7-26-8-5-15-16(9-21)19(24)20(12-22,13-23)18(17(15)11-26)14-4-3-6-25-10-14/h3-6,10,16-18,24H,2,7-8,11H2,1H3/p+1/t16?,17-,18-/m0/s1. The number of quaternary nitrogens is 1. The van der Waals surface area contributed by atoms with Gasteiger partial charge in [0.15, 0.2) is 5.41 Å². The van der Waals surface area contributed by atoms with E-state index in [9.17, 15) is 15.8 Å². The topological polar surface area (TPSA) is 113 Å². The molecule has 0 bridgehead atoms. The Morgan fingerprint density at radius 1 is 1.35 bits per heavy atom. The first kappa shape index (κ1) is 17.8. The van der Waals surface area contributed by atoms with E-state index in [0.717, 1.165) is 37.2 Å². The average molecular weight is 345 g/mol. The summed E-state index contributed by atoms with van der Waals surface area (Å²) in [6.07, 6.45) is 6.44. The number of hydrogen-bond acceptors (Lipinski definition) is 5. The maximum absolute atomic E-state index is 9.95. The molecule has 1 saturated carbocycles. The van der Waals surface area contributed by atoms with Gasteiger partial charge in [0.25, 0.3) is 0 Å². The summed E-state index contributed by atoms with van der Waals surface area (Å²) in [5, 5.41) is 38.1. The van der Waals surface area contributed by atoms with Crippen LogP contribution in [0.25, 0.3) is 0 Å². The zero-order valence-electron chi connectivity index (χ0n) is 14.7. The van der Waals surface area contributed by atoms with E-state index in [0.29, 0.717) is 0 Å². The van der Waals surface area contributed by atoms with Crippen LogP contribution >= 0.6 is 0 Å². The van der Waals surface area contributed by atoms with Gasteiger partial charge in [-0.3, -0.25) is 4.98 Å². The summed E-state index contributed by atoms with van der Waals surface area (Å²) in [7, 11) is 0. The first-order valence-corrected chi connectivity index (χ1v) is 8.87. The van der Waals surface area contributed by atoms with Gasteiger partial charge in [-0.25, -0.2) is 0 Å². The number of nitriles is 3. The van der Waals surface area contributed by atoms with E-state index >= 15 is 0 Å². The molecule has 4 atom stereocenters. The van der Waals surface area contributed by atoms with E-state index in [-0.39, 0.29) is 11.6 Å². The maximum atomic E-state index is 9.95. The van der Waals surface area contributed by atoms with Crippen LogP contribution in [-0.4, -0.2) is 30.3 Å². The molecule has 1 aliphatic carbocycles. The second kappa shape index (κ2) is 7.08. The molecule has 26 heavy (non-hydrogen) atoms. The van der Waals surface area contributed by atoms with Crippen LogP contribution in [0.3, 0.4) is 0 Å². The number of rotatable bonds is 3. The molecular formula is C20H21N6+. The molecule has 0 aromatic carbocycles. The third-order valence-corrected chi connectivity index (χ3v) is 5.61. The molecule has 6 nitrogen and oxygen atoms in total. The molecular weight excluding hydrogens is 324 g/mol. The van der Waals surface area contributed by atoms with Gasteiger partial charge in [0, 0.05) is 24.2 Å². The van der Waals surface area contributed by atoms with Crippen molar-refractivity contribution in [2.24, 2.45) is 17.3 Å². The summed E-state index contributed by atoms with van der Waals surface area (Å²) in [6.45, 7) is 4.71. The van der Waals surface area contributed by atoms with E-state index in [1.165, 1.54) is 4.90 Å². The molecule has 0 saturated heterocycles. The zero-order valence-corrected chi connectivity index (χ0v) is 14.7. The van der Waals surface area contributed by atoms with Crippen molar-refractivity contribution in [2.75, 3.05) is 19.6 Å². The Morgan fingerprint density at radius 2 is 2.12 bits per heavy atom. The number of nitrogens with zero attached hydrogens (tertiary/aromatic N) is 4. The molecule has 2 N–H and O–H groups in total. The summed E-state index contributed by atoms with van der Waals surface area (Å²) in [6, 6.07) is 10.0. The second-order valence-corrected chi connectivity index (χ2v) is 6.99. The summed E-state index contributed by atoms with van der Waals surface area (Å²) >= 11 is 0. The third-order valence-electron chi connectivity index (χ3n) is 5.61. The summed E-state index contributed by atoms with van der Waals surface area (Å²) < 4.78 is 0. The van der Waals surface area contributed by atoms with E-state index < -0.39 is 17.3 Å². The molecule has 130 valence electrons. The lowest BCUT2D eigenvalue weighted by Crippen LogP contribution is -3.13. The van der Waals surface area contributed by atoms with E-state index in [1.54, 1.807) is 18.5 Å². The van der Waals surface area contributed by atoms with Crippen molar-refractivity contribution in [3.63, 3.8) is 0 Å². The van der Waals surface area contributed by atoms with Crippen molar-refractivity contribution in [3.8, 4) is 18.2 Å². The highest BCUT2D eigenvalue weighted by Gasteiger charge is 2.58. The Balaban J connectivity index is 2.20. The van der Waals surface area contributed by atoms with Crippen LogP contribution in [0.15, 0.2) is 36.2 Å². The van der Waals surface area contributed by atoms with Gasteiger partial charge in [-0.05, 0) is 29.7 Å². The van der Waals surface area contributed by atoms with E-state index in [1.807, 2.05) is 6.07 Å². The third kappa shape index (κ3) is 2.58. The molecule has 1 aromatic rings. The van der Waals surface area contributed by atoms with Crippen LogP contribution in [0.5, 0.6) is 0 Å². The average Bonchev–Trinajstić information content (AvgIpc) is 2.68. The van der Waals surface area contributed by atoms with Crippen LogP contribution in [-0.2, 0) is 0 Å². The van der Waals surface area contributed by atoms with Gasteiger partial charge in [-0.15, -0.1) is 0 Å². The molecule has 1 aromatic heterocycles. The number of nitrogens with one attached hydrogen (secondary N) is 2. The molecule has 2 unspecified atom stereocenters. The van der Waals surface area contributed by atoms with Crippen molar-refractivity contribution < 1.29 is 4.90 Å². The van der Waals surface area contributed by atoms with E-state index in [2.05, 4.69) is 36.2 Å². The molecule has 0 amide bonds. The van der Waals surface area contributed by atoms with Crippen molar-refractivity contribution in [2.45, 2.75) is 19.3 Å². The summed E-state index contributed by atoms with van der Waals surface area (Å²) in [5.41, 5.74) is -0.0573. The first-order valence-electron chi connectivity index (χ1n) is 8.87. The Morgan fingerprint density at radius 3 is 2.69 bits per heavy atom. The highest BCUT2D eigenvalue weighted by Crippen LogP contribution is 2.52. The van der Waals surface area contributed by atoms with Crippen molar-refractivity contribution >= 4 is 5.71 Å². The van der Waals surface area contributed by atoms with Crippen LogP contribution in [0, 0.1) is 56.7 Å². The van der Waals surface area contributed by atoms with Crippen molar-refractivity contribution in [3.05, 3.63) is 41.7 Å². The minimum absolute atomic E-state index is 0.0969. The Kier molecular flexibility index (Phi) is 4.85. The summed E-state index contributed by atoms with van der Waals surface area (Å²) in [5.74, 6) is -1.40. The molecule has 2 heterocycles. The molecule has 6 heteroatoms. The normalized spacial score (nSPS) is 29.5. The fourth-order valence-corrected chi connectivity index (χ4v) is 4.46. The molecule has 1 aliphatic heterocycles. The van der Waals surface area contributed by atoms with Gasteiger partial charge in [0.2, 0.25) is 0 Å². The lowest BCUT2D eigenvalue weighted by atomic mass is 9.54. The number of fused-ring (bicyclic) bond motifs is 1. The zero-order chi connectivity index (χ0) is 18.7. The van der Waals surface area contributed by atoms with Crippen LogP contribution in [0.1, 0.15) is 24.8 Å². The molecule has 1 fully saturated rings. The van der Waals surface area contributed by atoms with Crippen molar-refractivity contribution in [1.29, 1.82) is 21.2 Å². The van der Waals surface area contributed by atoms with Gasteiger partial charge in [-0.1, -0.05) is 13.0 Å². The number of pyridine rings is 1. The molecule has 2 aliphatic rings. The minimum Gasteiger partial charge on any atom is -0.331 e. The Bertz CT molecular complexity index is 837. The van der Waals surface area contributed by atoms with Gasteiger partial charge >= 0.3 is 0 Å². The quantitative estimate of drug-likeness (QED) is 0.802. The van der Waals surface area contributed by atoms with Crippen LogP contribution in [0.2, 0.25) is 0 Å². The minimum atomic E-state index is -1.64. The van der Waals surface area contributed by atoms with Gasteiger partial charge in [0.05, 0.1) is 43.6 Å². The lowest BCUT2D eigenvalue weighted by molar-refractivity contribution is -0.899. The fraction of sp³-hybridized carbons (Fsp3) is 0.450. The molecule has 0 spiro atoms. The fourth-order valence-electron chi connectivity index (χ4n) is 4.46. The largest absolute Gasteiger partial charge is 0.331 e. The smallest absolute Gasteiger partial charge is 0.190 e. The Labute approximate surface area is 153 Å². The SMILES string of the molecule is CCC[NH+]1CC=C2C(C#N)C(=N)C(C#N)(C#N)[C@@H](c3cccnc3)[C@H]2C1. The predicted octanol–water partition coefficient (Wildman–Crippen LogP) is 1.22. The number of hydrogen-bond donors (Lipinski definition) is 2. The van der Waals surface area contributed by atoms with Gasteiger partial charge in [-0.2, -0.15) is 15.8 Å². The van der Waals surface area contributed by atoms with Crippen LogP contribution < -0.4 is 4.90 Å². The maximum Gasteiger partial charge on any atom is 0.190 e. The second-order valence-electron chi connectivity index (χ2n) is 6.99. The van der Waals surface area contributed by atoms with E-state index in [4.69, 9.17) is 5.41 Å².